The van der Waals surface area contributed by atoms with E-state index in [4.69, 9.17) is 10.00 Å². The first-order valence-electron chi connectivity index (χ1n) is 8.65. The van der Waals surface area contributed by atoms with Gasteiger partial charge in [-0.3, -0.25) is 4.79 Å². The molecule has 134 valence electrons. The molecular formula is C21H22N2O3. The van der Waals surface area contributed by atoms with Crippen LogP contribution in [-0.4, -0.2) is 35.6 Å². The monoisotopic (exact) mass is 350 g/mol. The summed E-state index contributed by atoms with van der Waals surface area (Å²) < 4.78 is 5.17. The minimum atomic E-state index is -1.18. The Hall–Kier alpha value is -2.84. The molecule has 2 atom stereocenters. The van der Waals surface area contributed by atoms with Crippen molar-refractivity contribution in [3.63, 3.8) is 0 Å². The van der Waals surface area contributed by atoms with Crippen molar-refractivity contribution in [2.24, 2.45) is 0 Å². The standard InChI is InChI=1S/C21H22N2O3/c1-21(25,17-8-10-18(26-2)11-9-17)19-7-4-12-23(19)20(24)16-6-3-5-15(13-16)14-22/h3,5-6,8-11,13,19,25H,4,7,12H2,1-2H3/t19-,21-/m0/s1. The number of carbonyl (C=O) groups excluding carboxylic acids is 1. The molecule has 0 unspecified atom stereocenters. The third-order valence-electron chi connectivity index (χ3n) is 5.08. The van der Waals surface area contributed by atoms with Crippen LogP contribution in [0.4, 0.5) is 0 Å². The second kappa shape index (κ2) is 7.19. The predicted octanol–water partition coefficient (Wildman–Crippen LogP) is 3.08. The number of hydrogen-bond acceptors (Lipinski definition) is 4. The van der Waals surface area contributed by atoms with Crippen molar-refractivity contribution in [2.45, 2.75) is 31.4 Å². The Morgan fingerprint density at radius 1 is 1.31 bits per heavy atom. The minimum absolute atomic E-state index is 0.154. The first kappa shape index (κ1) is 18.0. The molecule has 5 heteroatoms. The summed E-state index contributed by atoms with van der Waals surface area (Å²) in [5, 5.41) is 20.3. The molecule has 1 fully saturated rings. The molecule has 5 nitrogen and oxygen atoms in total. The molecule has 0 bridgehead atoms. The Morgan fingerprint density at radius 2 is 2.04 bits per heavy atom. The van der Waals surface area contributed by atoms with Crippen molar-refractivity contribution in [2.75, 3.05) is 13.7 Å². The van der Waals surface area contributed by atoms with E-state index in [-0.39, 0.29) is 11.9 Å². The van der Waals surface area contributed by atoms with Gasteiger partial charge in [-0.05, 0) is 55.7 Å². The van der Waals surface area contributed by atoms with Crippen LogP contribution < -0.4 is 4.74 Å². The summed E-state index contributed by atoms with van der Waals surface area (Å²) in [5.41, 5.74) is 0.495. The van der Waals surface area contributed by atoms with E-state index in [9.17, 15) is 9.90 Å². The number of likely N-dealkylation sites (tertiary alicyclic amines) is 1. The van der Waals surface area contributed by atoms with Crippen LogP contribution in [0.25, 0.3) is 0 Å². The number of aliphatic hydroxyl groups is 1. The van der Waals surface area contributed by atoms with Crippen molar-refractivity contribution < 1.29 is 14.6 Å². The zero-order chi connectivity index (χ0) is 18.7. The van der Waals surface area contributed by atoms with E-state index in [1.807, 2.05) is 12.1 Å². The fourth-order valence-corrected chi connectivity index (χ4v) is 3.60. The number of rotatable bonds is 4. The van der Waals surface area contributed by atoms with Crippen LogP contribution in [0.2, 0.25) is 0 Å². The fraction of sp³-hybridized carbons (Fsp3) is 0.333. The van der Waals surface area contributed by atoms with Gasteiger partial charge in [-0.2, -0.15) is 5.26 Å². The zero-order valence-electron chi connectivity index (χ0n) is 15.0. The Balaban J connectivity index is 1.88. The van der Waals surface area contributed by atoms with Gasteiger partial charge >= 0.3 is 0 Å². The summed E-state index contributed by atoms with van der Waals surface area (Å²) in [6.07, 6.45) is 1.56. The summed E-state index contributed by atoms with van der Waals surface area (Å²) in [6, 6.07) is 15.7. The van der Waals surface area contributed by atoms with E-state index in [2.05, 4.69) is 6.07 Å². The lowest BCUT2D eigenvalue weighted by molar-refractivity contribution is -0.0177. The van der Waals surface area contributed by atoms with Gasteiger partial charge in [0.05, 0.1) is 24.8 Å². The number of nitrogens with zero attached hydrogens (tertiary/aromatic N) is 2. The van der Waals surface area contributed by atoms with Gasteiger partial charge in [0.2, 0.25) is 0 Å². The molecule has 1 amide bonds. The fourth-order valence-electron chi connectivity index (χ4n) is 3.60. The normalized spacial score (nSPS) is 18.8. The molecule has 1 N–H and O–H groups in total. The van der Waals surface area contributed by atoms with Gasteiger partial charge in [0.1, 0.15) is 11.4 Å². The Labute approximate surface area is 153 Å². The smallest absolute Gasteiger partial charge is 0.254 e. The molecule has 1 heterocycles. The minimum Gasteiger partial charge on any atom is -0.497 e. The maximum Gasteiger partial charge on any atom is 0.254 e. The number of nitriles is 1. The van der Waals surface area contributed by atoms with Crippen molar-refractivity contribution in [3.05, 3.63) is 65.2 Å². The molecule has 2 aromatic rings. The van der Waals surface area contributed by atoms with Crippen LogP contribution >= 0.6 is 0 Å². The number of amides is 1. The van der Waals surface area contributed by atoms with Crippen LogP contribution in [0.15, 0.2) is 48.5 Å². The van der Waals surface area contributed by atoms with Gasteiger partial charge in [0, 0.05) is 12.1 Å². The van der Waals surface area contributed by atoms with Crippen molar-refractivity contribution in [3.8, 4) is 11.8 Å². The summed E-state index contributed by atoms with van der Waals surface area (Å²) >= 11 is 0. The van der Waals surface area contributed by atoms with Gasteiger partial charge in [0.25, 0.3) is 5.91 Å². The molecule has 2 aromatic carbocycles. The van der Waals surface area contributed by atoms with E-state index in [1.165, 1.54) is 0 Å². The molecule has 0 aromatic heterocycles. The zero-order valence-corrected chi connectivity index (χ0v) is 15.0. The molecule has 26 heavy (non-hydrogen) atoms. The first-order valence-corrected chi connectivity index (χ1v) is 8.65. The summed E-state index contributed by atoms with van der Waals surface area (Å²) in [5.74, 6) is 0.565. The lowest BCUT2D eigenvalue weighted by atomic mass is 9.86. The molecule has 3 rings (SSSR count). The topological polar surface area (TPSA) is 73.6 Å². The van der Waals surface area contributed by atoms with Gasteiger partial charge in [-0.15, -0.1) is 0 Å². The molecule has 0 aliphatic carbocycles. The molecule has 1 aliphatic heterocycles. The molecule has 1 aliphatic rings. The van der Waals surface area contributed by atoms with Crippen molar-refractivity contribution in [1.82, 2.24) is 4.90 Å². The highest BCUT2D eigenvalue weighted by Crippen LogP contribution is 2.36. The number of benzene rings is 2. The van der Waals surface area contributed by atoms with Gasteiger partial charge < -0.3 is 14.7 Å². The second-order valence-corrected chi connectivity index (χ2v) is 6.73. The van der Waals surface area contributed by atoms with Crippen LogP contribution in [-0.2, 0) is 5.60 Å². The van der Waals surface area contributed by atoms with Gasteiger partial charge in [-0.1, -0.05) is 18.2 Å². The number of hydrogen-bond donors (Lipinski definition) is 1. The maximum absolute atomic E-state index is 13.0. The lowest BCUT2D eigenvalue weighted by Crippen LogP contribution is -2.48. The highest BCUT2D eigenvalue weighted by molar-refractivity contribution is 5.95. The SMILES string of the molecule is COc1ccc([C@](C)(O)[C@@H]2CCCN2C(=O)c2cccc(C#N)c2)cc1. The molecule has 0 radical (unpaired) electrons. The summed E-state index contributed by atoms with van der Waals surface area (Å²) in [6.45, 7) is 2.34. The third-order valence-corrected chi connectivity index (χ3v) is 5.08. The van der Waals surface area contributed by atoms with E-state index in [0.29, 0.717) is 17.7 Å². The van der Waals surface area contributed by atoms with E-state index in [1.54, 1.807) is 55.3 Å². The molecular weight excluding hydrogens is 328 g/mol. The van der Waals surface area contributed by atoms with E-state index in [0.717, 1.165) is 24.2 Å². The number of ether oxygens (including phenoxy) is 1. The van der Waals surface area contributed by atoms with Gasteiger partial charge in [0.15, 0.2) is 0 Å². The predicted molar refractivity (Wildman–Crippen MR) is 97.8 cm³/mol. The summed E-state index contributed by atoms with van der Waals surface area (Å²) in [4.78, 5) is 14.7. The van der Waals surface area contributed by atoms with Crippen LogP contribution in [0, 0.1) is 11.3 Å². The maximum atomic E-state index is 13.0. The highest BCUT2D eigenvalue weighted by atomic mass is 16.5. The number of carbonyl (C=O) groups is 1. The second-order valence-electron chi connectivity index (χ2n) is 6.73. The Morgan fingerprint density at radius 3 is 2.69 bits per heavy atom. The average Bonchev–Trinajstić information content (AvgIpc) is 3.18. The Kier molecular flexibility index (Phi) is 4.97. The number of methoxy groups -OCH3 is 1. The lowest BCUT2D eigenvalue weighted by Gasteiger charge is -2.37. The third kappa shape index (κ3) is 3.29. The average molecular weight is 350 g/mol. The van der Waals surface area contributed by atoms with Gasteiger partial charge in [-0.25, -0.2) is 0 Å². The molecule has 0 spiro atoms. The van der Waals surface area contributed by atoms with Crippen LogP contribution in [0.3, 0.4) is 0 Å². The Bertz CT molecular complexity index is 837. The van der Waals surface area contributed by atoms with E-state index >= 15 is 0 Å². The molecule has 0 saturated carbocycles. The van der Waals surface area contributed by atoms with Crippen molar-refractivity contribution in [1.29, 1.82) is 5.26 Å². The van der Waals surface area contributed by atoms with Crippen LogP contribution in [0.5, 0.6) is 5.75 Å². The van der Waals surface area contributed by atoms with Crippen molar-refractivity contribution >= 4 is 5.91 Å². The van der Waals surface area contributed by atoms with Crippen LogP contribution in [0.1, 0.15) is 41.3 Å². The quantitative estimate of drug-likeness (QED) is 0.920. The largest absolute Gasteiger partial charge is 0.497 e. The molecule has 1 saturated heterocycles. The highest BCUT2D eigenvalue weighted by Gasteiger charge is 2.42. The first-order chi connectivity index (χ1) is 12.5. The van der Waals surface area contributed by atoms with E-state index < -0.39 is 5.60 Å². The summed E-state index contributed by atoms with van der Waals surface area (Å²) in [7, 11) is 1.60.